The van der Waals surface area contributed by atoms with Crippen molar-refractivity contribution in [2.45, 2.75) is 0 Å². The van der Waals surface area contributed by atoms with Gasteiger partial charge in [-0.15, -0.1) is 10.2 Å². The molecule has 0 amide bonds. The number of carbonyl (C=O) groups is 1. The van der Waals surface area contributed by atoms with Crippen LogP contribution >= 0.6 is 15.9 Å². The van der Waals surface area contributed by atoms with Crippen molar-refractivity contribution in [1.29, 1.82) is 0 Å². The van der Waals surface area contributed by atoms with Crippen LogP contribution in [0, 0.1) is 5.82 Å². The third-order valence-corrected chi connectivity index (χ3v) is 2.36. The maximum Gasteiger partial charge on any atom is 0.359 e. The highest BCUT2D eigenvalue weighted by molar-refractivity contribution is 9.10. The largest absolute Gasteiger partial charge is 0.476 e. The van der Waals surface area contributed by atoms with Gasteiger partial charge < -0.3 is 5.11 Å². The SMILES string of the molecule is O=C(O)c1nnc2ccc(Br)cc2c1F. The molecular weight excluding hydrogens is 267 g/mol. The maximum atomic E-state index is 13.6. The molecule has 0 aliphatic carbocycles. The second-order valence-corrected chi connectivity index (χ2v) is 3.74. The Hall–Kier alpha value is -1.56. The zero-order chi connectivity index (χ0) is 11.0. The van der Waals surface area contributed by atoms with Gasteiger partial charge in [0.25, 0.3) is 0 Å². The normalized spacial score (nSPS) is 10.5. The summed E-state index contributed by atoms with van der Waals surface area (Å²) in [4.78, 5) is 10.6. The monoisotopic (exact) mass is 270 g/mol. The lowest BCUT2D eigenvalue weighted by molar-refractivity contribution is 0.0684. The molecule has 15 heavy (non-hydrogen) atoms. The predicted octanol–water partition coefficient (Wildman–Crippen LogP) is 2.23. The van der Waals surface area contributed by atoms with Crippen molar-refractivity contribution in [3.63, 3.8) is 0 Å². The smallest absolute Gasteiger partial charge is 0.359 e. The van der Waals surface area contributed by atoms with Gasteiger partial charge in [-0.1, -0.05) is 15.9 Å². The van der Waals surface area contributed by atoms with Gasteiger partial charge in [0.05, 0.1) is 5.52 Å². The van der Waals surface area contributed by atoms with E-state index in [1.807, 2.05) is 0 Å². The van der Waals surface area contributed by atoms with E-state index in [-0.39, 0.29) is 5.39 Å². The minimum Gasteiger partial charge on any atom is -0.476 e. The molecule has 1 aromatic carbocycles. The van der Waals surface area contributed by atoms with E-state index in [0.717, 1.165) is 0 Å². The van der Waals surface area contributed by atoms with E-state index in [4.69, 9.17) is 5.11 Å². The summed E-state index contributed by atoms with van der Waals surface area (Å²) in [5, 5.41) is 15.7. The second kappa shape index (κ2) is 3.54. The van der Waals surface area contributed by atoms with Gasteiger partial charge in [-0.05, 0) is 18.2 Å². The van der Waals surface area contributed by atoms with Crippen molar-refractivity contribution < 1.29 is 14.3 Å². The summed E-state index contributed by atoms with van der Waals surface area (Å²) in [6, 6.07) is 4.70. The number of carboxylic acids is 1. The Labute approximate surface area is 91.9 Å². The second-order valence-electron chi connectivity index (χ2n) is 2.83. The average Bonchev–Trinajstić information content (AvgIpc) is 2.19. The molecule has 2 aromatic rings. The van der Waals surface area contributed by atoms with E-state index >= 15 is 0 Å². The van der Waals surface area contributed by atoms with Gasteiger partial charge in [0.2, 0.25) is 5.69 Å². The Morgan fingerprint density at radius 3 is 2.80 bits per heavy atom. The minimum atomic E-state index is -1.43. The van der Waals surface area contributed by atoms with Gasteiger partial charge in [0.15, 0.2) is 5.82 Å². The van der Waals surface area contributed by atoms with E-state index in [2.05, 4.69) is 26.1 Å². The molecule has 2 rings (SSSR count). The first kappa shape index (κ1) is 9.97. The fraction of sp³-hybridized carbons (Fsp3) is 0. The quantitative estimate of drug-likeness (QED) is 0.863. The van der Waals surface area contributed by atoms with E-state index in [1.54, 1.807) is 12.1 Å². The van der Waals surface area contributed by atoms with Crippen molar-refractivity contribution in [3.8, 4) is 0 Å². The molecule has 0 atom stereocenters. The molecule has 0 radical (unpaired) electrons. The Kier molecular flexibility index (Phi) is 2.36. The summed E-state index contributed by atoms with van der Waals surface area (Å²) in [7, 11) is 0. The average molecular weight is 271 g/mol. The summed E-state index contributed by atoms with van der Waals surface area (Å²) < 4.78 is 14.2. The van der Waals surface area contributed by atoms with Crippen LogP contribution in [0.25, 0.3) is 10.9 Å². The van der Waals surface area contributed by atoms with Crippen LogP contribution in [0.15, 0.2) is 22.7 Å². The molecule has 4 nitrogen and oxygen atoms in total. The van der Waals surface area contributed by atoms with Crippen LogP contribution in [-0.2, 0) is 0 Å². The lowest BCUT2D eigenvalue weighted by Gasteiger charge is -2.00. The molecule has 0 fully saturated rings. The standard InChI is InChI=1S/C9H4BrFN2O2/c10-4-1-2-6-5(3-4)7(11)8(9(14)15)13-12-6/h1-3H,(H,14,15). The molecule has 1 N–H and O–H groups in total. The van der Waals surface area contributed by atoms with Gasteiger partial charge in [-0.25, -0.2) is 9.18 Å². The third-order valence-electron chi connectivity index (χ3n) is 1.86. The zero-order valence-corrected chi connectivity index (χ0v) is 8.82. The van der Waals surface area contributed by atoms with Gasteiger partial charge in [-0.2, -0.15) is 0 Å². The molecule has 0 bridgehead atoms. The number of benzene rings is 1. The molecule has 0 aliphatic heterocycles. The number of hydrogen-bond donors (Lipinski definition) is 1. The van der Waals surface area contributed by atoms with E-state index in [0.29, 0.717) is 9.99 Å². The zero-order valence-electron chi connectivity index (χ0n) is 7.24. The van der Waals surface area contributed by atoms with Crippen LogP contribution in [0.2, 0.25) is 0 Å². The Morgan fingerprint density at radius 1 is 1.40 bits per heavy atom. The molecule has 0 saturated carbocycles. The number of aromatic nitrogens is 2. The number of aromatic carboxylic acids is 1. The molecule has 0 spiro atoms. The predicted molar refractivity (Wildman–Crippen MR) is 54.2 cm³/mol. The summed E-state index contributed by atoms with van der Waals surface area (Å²) >= 11 is 3.17. The van der Waals surface area contributed by atoms with Crippen molar-refractivity contribution in [2.75, 3.05) is 0 Å². The molecule has 1 aromatic heterocycles. The number of rotatable bonds is 1. The molecule has 6 heteroatoms. The number of fused-ring (bicyclic) bond motifs is 1. The highest BCUT2D eigenvalue weighted by Gasteiger charge is 2.16. The first-order valence-electron chi connectivity index (χ1n) is 3.94. The number of hydrogen-bond acceptors (Lipinski definition) is 3. The molecule has 0 unspecified atom stereocenters. The molecule has 0 saturated heterocycles. The Morgan fingerprint density at radius 2 is 2.13 bits per heavy atom. The number of nitrogens with zero attached hydrogens (tertiary/aromatic N) is 2. The summed E-state index contributed by atoms with van der Waals surface area (Å²) in [6.07, 6.45) is 0. The summed E-state index contributed by atoms with van der Waals surface area (Å²) in [5.74, 6) is -2.30. The highest BCUT2D eigenvalue weighted by atomic mass is 79.9. The lowest BCUT2D eigenvalue weighted by Crippen LogP contribution is -2.06. The van der Waals surface area contributed by atoms with Crippen molar-refractivity contribution >= 4 is 32.8 Å². The molecular formula is C9H4BrFN2O2. The fourth-order valence-electron chi connectivity index (χ4n) is 1.18. The van der Waals surface area contributed by atoms with Crippen LogP contribution < -0.4 is 0 Å². The van der Waals surface area contributed by atoms with Crippen LogP contribution in [-0.4, -0.2) is 21.3 Å². The lowest BCUT2D eigenvalue weighted by atomic mass is 10.2. The van der Waals surface area contributed by atoms with E-state index in [1.165, 1.54) is 6.07 Å². The van der Waals surface area contributed by atoms with Gasteiger partial charge in [-0.3, -0.25) is 0 Å². The molecule has 76 valence electrons. The Balaban J connectivity index is 2.82. The fourth-order valence-corrected chi connectivity index (χ4v) is 1.54. The Bertz CT molecular complexity index is 559. The highest BCUT2D eigenvalue weighted by Crippen LogP contribution is 2.21. The third kappa shape index (κ3) is 1.68. The van der Waals surface area contributed by atoms with Crippen molar-refractivity contribution in [3.05, 3.63) is 34.2 Å². The van der Waals surface area contributed by atoms with Crippen LogP contribution in [0.3, 0.4) is 0 Å². The first-order chi connectivity index (χ1) is 7.09. The number of carboxylic acid groups (broad SMARTS) is 1. The van der Waals surface area contributed by atoms with Gasteiger partial charge >= 0.3 is 5.97 Å². The van der Waals surface area contributed by atoms with Gasteiger partial charge in [0.1, 0.15) is 0 Å². The van der Waals surface area contributed by atoms with Gasteiger partial charge in [0, 0.05) is 9.86 Å². The first-order valence-corrected chi connectivity index (χ1v) is 4.73. The van der Waals surface area contributed by atoms with E-state index in [9.17, 15) is 9.18 Å². The number of halogens is 2. The minimum absolute atomic E-state index is 0.136. The molecule has 0 aliphatic rings. The van der Waals surface area contributed by atoms with Crippen molar-refractivity contribution in [2.24, 2.45) is 0 Å². The van der Waals surface area contributed by atoms with Crippen LogP contribution in [0.4, 0.5) is 4.39 Å². The van der Waals surface area contributed by atoms with Crippen molar-refractivity contribution in [1.82, 2.24) is 10.2 Å². The van der Waals surface area contributed by atoms with Crippen LogP contribution in [0.1, 0.15) is 10.5 Å². The van der Waals surface area contributed by atoms with E-state index < -0.39 is 17.5 Å². The van der Waals surface area contributed by atoms with Crippen LogP contribution in [0.5, 0.6) is 0 Å². The maximum absolute atomic E-state index is 13.6. The summed E-state index contributed by atoms with van der Waals surface area (Å²) in [5.41, 5.74) is -0.346. The topological polar surface area (TPSA) is 63.1 Å². The molecule has 1 heterocycles. The summed E-state index contributed by atoms with van der Waals surface area (Å²) in [6.45, 7) is 0.